The maximum atomic E-state index is 13.0. The predicted molar refractivity (Wildman–Crippen MR) is 115 cm³/mol. The van der Waals surface area contributed by atoms with Gasteiger partial charge in [-0.2, -0.15) is 0 Å². The summed E-state index contributed by atoms with van der Waals surface area (Å²) in [5, 5.41) is 11.3. The molecule has 6 nitrogen and oxygen atoms in total. The smallest absolute Gasteiger partial charge is 0.295 e. The van der Waals surface area contributed by atoms with Gasteiger partial charge in [-0.15, -0.1) is 0 Å². The van der Waals surface area contributed by atoms with Crippen LogP contribution in [-0.4, -0.2) is 46.9 Å². The fraction of sp³-hybridized carbons (Fsp3) is 0.375. The average molecular weight is 408 g/mol. The molecule has 0 radical (unpaired) electrons. The zero-order valence-electron chi connectivity index (χ0n) is 18.1. The van der Waals surface area contributed by atoms with Crippen LogP contribution in [0.2, 0.25) is 0 Å². The molecule has 1 N–H and O–H groups in total. The van der Waals surface area contributed by atoms with E-state index < -0.39 is 17.7 Å². The largest absolute Gasteiger partial charge is 0.507 e. The number of carbonyl (C=O) groups is 2. The van der Waals surface area contributed by atoms with Crippen LogP contribution < -0.4 is 0 Å². The second-order valence-electron chi connectivity index (χ2n) is 8.52. The Bertz CT molecular complexity index is 990. The summed E-state index contributed by atoms with van der Waals surface area (Å²) in [6.45, 7) is 8.62. The molecule has 1 unspecified atom stereocenters. The molecule has 1 aromatic carbocycles. The van der Waals surface area contributed by atoms with Gasteiger partial charge in [0.05, 0.1) is 17.9 Å². The normalized spacial score (nSPS) is 18.8. The minimum absolute atomic E-state index is 0.0592. The first kappa shape index (κ1) is 21.7. The van der Waals surface area contributed by atoms with E-state index in [1.165, 1.54) is 12.0 Å². The summed E-state index contributed by atoms with van der Waals surface area (Å²) >= 11 is 0. The minimum Gasteiger partial charge on any atom is -0.507 e. The molecule has 1 aromatic heterocycles. The quantitative estimate of drug-likeness (QED) is 0.463. The molecule has 1 aliphatic rings. The van der Waals surface area contributed by atoms with Crippen LogP contribution in [0.5, 0.6) is 0 Å². The van der Waals surface area contributed by atoms with Gasteiger partial charge in [0.15, 0.2) is 0 Å². The Hall–Kier alpha value is -2.99. The predicted octanol–water partition coefficient (Wildman–Crippen LogP) is 3.76. The second-order valence-corrected chi connectivity index (χ2v) is 8.52. The molecule has 1 fully saturated rings. The van der Waals surface area contributed by atoms with Crippen LogP contribution in [0.3, 0.4) is 0 Å². The number of aliphatic hydroxyl groups excluding tert-OH is 1. The maximum Gasteiger partial charge on any atom is 0.295 e. The fourth-order valence-corrected chi connectivity index (χ4v) is 3.63. The van der Waals surface area contributed by atoms with Crippen LogP contribution >= 0.6 is 0 Å². The lowest BCUT2D eigenvalue weighted by Gasteiger charge is -2.24. The molecule has 2 heterocycles. The monoisotopic (exact) mass is 408 g/mol. The molecule has 3 rings (SSSR count). The summed E-state index contributed by atoms with van der Waals surface area (Å²) in [5.74, 6) is -1.54. The molecule has 0 bridgehead atoms. The lowest BCUT2D eigenvalue weighted by atomic mass is 9.84. The Morgan fingerprint density at radius 1 is 1.20 bits per heavy atom. The Morgan fingerprint density at radius 2 is 1.93 bits per heavy atom. The number of methoxy groups -OCH3 is 1. The zero-order chi connectivity index (χ0) is 22.1. The molecule has 1 aliphatic heterocycles. The number of rotatable bonds is 5. The maximum absolute atomic E-state index is 13.0. The highest BCUT2D eigenvalue weighted by molar-refractivity contribution is 6.46. The Kier molecular flexibility index (Phi) is 6.08. The van der Waals surface area contributed by atoms with Crippen molar-refractivity contribution < 1.29 is 19.4 Å². The standard InChI is InChI=1S/C24H28N2O4/c1-15-9-10-16(24(2,3)4)14-17(15)21(27)19-20(18-8-6-7-11-25-18)26(12-13-30-5)23(29)22(19)28/h6-11,14,20,27H,12-13H2,1-5H3/b21-19+. The van der Waals surface area contributed by atoms with Crippen LogP contribution in [0, 0.1) is 6.92 Å². The van der Waals surface area contributed by atoms with Crippen molar-refractivity contribution in [2.75, 3.05) is 20.3 Å². The van der Waals surface area contributed by atoms with Gasteiger partial charge in [-0.1, -0.05) is 39.0 Å². The van der Waals surface area contributed by atoms with E-state index in [0.717, 1.165) is 11.1 Å². The van der Waals surface area contributed by atoms with Crippen LogP contribution in [0.15, 0.2) is 48.2 Å². The van der Waals surface area contributed by atoms with Crippen molar-refractivity contribution in [1.82, 2.24) is 9.88 Å². The molecular weight excluding hydrogens is 380 g/mol. The molecule has 0 aliphatic carbocycles. The fourth-order valence-electron chi connectivity index (χ4n) is 3.63. The molecular formula is C24H28N2O4. The molecule has 1 amide bonds. The molecule has 1 atom stereocenters. The van der Waals surface area contributed by atoms with Crippen LogP contribution in [0.4, 0.5) is 0 Å². The molecule has 1 saturated heterocycles. The van der Waals surface area contributed by atoms with E-state index in [1.807, 2.05) is 25.1 Å². The summed E-state index contributed by atoms with van der Waals surface area (Å²) in [4.78, 5) is 31.6. The van der Waals surface area contributed by atoms with Crippen LogP contribution in [-0.2, 0) is 19.7 Å². The van der Waals surface area contributed by atoms with Crippen LogP contribution in [0.25, 0.3) is 5.76 Å². The molecule has 158 valence electrons. The number of Topliss-reactive ketones (excluding diaryl/α,β-unsaturated/α-hetero) is 1. The van der Waals surface area contributed by atoms with Crippen molar-refractivity contribution >= 4 is 17.4 Å². The lowest BCUT2D eigenvalue weighted by Crippen LogP contribution is -2.33. The summed E-state index contributed by atoms with van der Waals surface area (Å²) in [7, 11) is 1.54. The van der Waals surface area contributed by atoms with Gasteiger partial charge < -0.3 is 14.7 Å². The van der Waals surface area contributed by atoms with Gasteiger partial charge in [0, 0.05) is 25.4 Å². The third-order valence-electron chi connectivity index (χ3n) is 5.40. The number of aromatic nitrogens is 1. The SMILES string of the molecule is COCCN1C(=O)C(=O)/C(=C(/O)c2cc(C(C)(C)C)ccc2C)C1c1ccccn1. The van der Waals surface area contributed by atoms with Crippen molar-refractivity contribution in [3.8, 4) is 0 Å². The van der Waals surface area contributed by atoms with E-state index in [4.69, 9.17) is 4.74 Å². The van der Waals surface area contributed by atoms with E-state index >= 15 is 0 Å². The van der Waals surface area contributed by atoms with Crippen molar-refractivity contribution in [3.05, 3.63) is 70.6 Å². The van der Waals surface area contributed by atoms with Gasteiger partial charge in [0.2, 0.25) is 0 Å². The molecule has 30 heavy (non-hydrogen) atoms. The number of carbonyl (C=O) groups excluding carboxylic acids is 2. The number of ketones is 1. The number of ether oxygens (including phenoxy) is 1. The van der Waals surface area contributed by atoms with E-state index in [-0.39, 0.29) is 29.9 Å². The number of hydrogen-bond donors (Lipinski definition) is 1. The van der Waals surface area contributed by atoms with E-state index in [0.29, 0.717) is 11.3 Å². The highest BCUT2D eigenvalue weighted by Crippen LogP contribution is 2.39. The Labute approximate surface area is 177 Å². The third-order valence-corrected chi connectivity index (χ3v) is 5.40. The van der Waals surface area contributed by atoms with Gasteiger partial charge in [-0.3, -0.25) is 14.6 Å². The summed E-state index contributed by atoms with van der Waals surface area (Å²) in [5.41, 5.74) is 2.85. The minimum atomic E-state index is -0.765. The second kappa shape index (κ2) is 8.40. The number of amides is 1. The molecule has 0 saturated carbocycles. The first-order chi connectivity index (χ1) is 14.2. The van der Waals surface area contributed by atoms with Gasteiger partial charge in [-0.25, -0.2) is 0 Å². The number of aliphatic hydroxyl groups is 1. The highest BCUT2D eigenvalue weighted by Gasteiger charge is 2.46. The first-order valence-electron chi connectivity index (χ1n) is 9.96. The highest BCUT2D eigenvalue weighted by atomic mass is 16.5. The Morgan fingerprint density at radius 3 is 2.53 bits per heavy atom. The number of benzene rings is 1. The number of hydrogen-bond acceptors (Lipinski definition) is 5. The van der Waals surface area contributed by atoms with Gasteiger partial charge >= 0.3 is 0 Å². The summed E-state index contributed by atoms with van der Waals surface area (Å²) < 4.78 is 5.12. The van der Waals surface area contributed by atoms with Crippen molar-refractivity contribution in [2.24, 2.45) is 0 Å². The molecule has 0 spiro atoms. The van der Waals surface area contributed by atoms with E-state index in [9.17, 15) is 14.7 Å². The van der Waals surface area contributed by atoms with Crippen molar-refractivity contribution in [2.45, 2.75) is 39.2 Å². The van der Waals surface area contributed by atoms with Crippen molar-refractivity contribution in [1.29, 1.82) is 0 Å². The topological polar surface area (TPSA) is 79.7 Å². The van der Waals surface area contributed by atoms with Crippen molar-refractivity contribution in [3.63, 3.8) is 0 Å². The molecule has 6 heteroatoms. The Balaban J connectivity index is 2.21. The first-order valence-corrected chi connectivity index (χ1v) is 9.96. The van der Waals surface area contributed by atoms with E-state index in [2.05, 4.69) is 25.8 Å². The summed E-state index contributed by atoms with van der Waals surface area (Å²) in [6.07, 6.45) is 1.61. The van der Waals surface area contributed by atoms with Gasteiger partial charge in [0.1, 0.15) is 11.8 Å². The van der Waals surface area contributed by atoms with Gasteiger partial charge in [0.25, 0.3) is 11.7 Å². The van der Waals surface area contributed by atoms with E-state index in [1.54, 1.807) is 24.4 Å². The summed E-state index contributed by atoms with van der Waals surface area (Å²) in [6, 6.07) is 10.4. The number of pyridine rings is 1. The van der Waals surface area contributed by atoms with Gasteiger partial charge in [-0.05, 0) is 41.7 Å². The van der Waals surface area contributed by atoms with Crippen LogP contribution in [0.1, 0.15) is 49.2 Å². The number of aryl methyl sites for hydroxylation is 1. The zero-order valence-corrected chi connectivity index (χ0v) is 18.1. The average Bonchev–Trinajstić information content (AvgIpc) is 2.96. The number of nitrogens with zero attached hydrogens (tertiary/aromatic N) is 2. The third kappa shape index (κ3) is 4.00. The lowest BCUT2D eigenvalue weighted by molar-refractivity contribution is -0.140. The number of likely N-dealkylation sites (tertiary alicyclic amines) is 1. The molecule has 2 aromatic rings.